The lowest BCUT2D eigenvalue weighted by atomic mass is 9.80. The second kappa shape index (κ2) is 9.50. The van der Waals surface area contributed by atoms with Crippen LogP contribution in [0, 0.1) is 23.1 Å². The zero-order chi connectivity index (χ0) is 19.1. The highest BCUT2D eigenvalue weighted by Gasteiger charge is 2.23. The quantitative estimate of drug-likeness (QED) is 0.623. The van der Waals surface area contributed by atoms with Crippen LogP contribution in [0.15, 0.2) is 36.5 Å². The van der Waals surface area contributed by atoms with Gasteiger partial charge < -0.3 is 4.74 Å². The second-order valence-corrected chi connectivity index (χ2v) is 7.48. The SMILES string of the molecule is CCCCc1ccc(C2CCC(COc3ccc(C#N)c(F)c3)CC2)nc1. The Morgan fingerprint density at radius 2 is 2.00 bits per heavy atom. The normalized spacial score (nSPS) is 19.4. The van der Waals surface area contributed by atoms with E-state index in [0.717, 1.165) is 32.1 Å². The molecule has 1 saturated carbocycles. The van der Waals surface area contributed by atoms with E-state index in [-0.39, 0.29) is 5.56 Å². The van der Waals surface area contributed by atoms with Gasteiger partial charge in [0.2, 0.25) is 0 Å². The smallest absolute Gasteiger partial charge is 0.144 e. The molecule has 3 rings (SSSR count). The lowest BCUT2D eigenvalue weighted by Gasteiger charge is -2.28. The van der Waals surface area contributed by atoms with Crippen LogP contribution in [0.2, 0.25) is 0 Å². The summed E-state index contributed by atoms with van der Waals surface area (Å²) < 4.78 is 19.4. The van der Waals surface area contributed by atoms with Gasteiger partial charge >= 0.3 is 0 Å². The Hall–Kier alpha value is -2.41. The number of halogens is 1. The van der Waals surface area contributed by atoms with Gasteiger partial charge in [0.25, 0.3) is 0 Å². The average Bonchev–Trinajstić information content (AvgIpc) is 2.71. The minimum atomic E-state index is -0.521. The standard InChI is InChI=1S/C23H27FN2O/c1-2-3-4-17-7-12-23(26-15-17)19-8-5-18(6-9-19)16-27-21-11-10-20(14-25)22(24)13-21/h7,10-13,15,18-19H,2-6,8-9,16H2,1H3. The van der Waals surface area contributed by atoms with Crippen LogP contribution in [0.1, 0.15) is 68.2 Å². The van der Waals surface area contributed by atoms with Crippen molar-refractivity contribution in [2.24, 2.45) is 5.92 Å². The molecule has 0 unspecified atom stereocenters. The minimum absolute atomic E-state index is 0.0519. The molecule has 0 bridgehead atoms. The number of aromatic nitrogens is 1. The molecule has 0 N–H and O–H groups in total. The van der Waals surface area contributed by atoms with Crippen LogP contribution < -0.4 is 4.74 Å². The lowest BCUT2D eigenvalue weighted by Crippen LogP contribution is -2.19. The van der Waals surface area contributed by atoms with E-state index >= 15 is 0 Å². The molecule has 0 spiro atoms. The Balaban J connectivity index is 1.46. The van der Waals surface area contributed by atoms with Gasteiger partial charge in [-0.3, -0.25) is 4.98 Å². The molecule has 1 aromatic heterocycles. The summed E-state index contributed by atoms with van der Waals surface area (Å²) in [6.07, 6.45) is 10.0. The number of rotatable bonds is 7. The van der Waals surface area contributed by atoms with Crippen LogP contribution in [0.5, 0.6) is 5.75 Å². The van der Waals surface area contributed by atoms with Crippen LogP contribution in [0.25, 0.3) is 0 Å². The fourth-order valence-corrected chi connectivity index (χ4v) is 3.72. The lowest BCUT2D eigenvalue weighted by molar-refractivity contribution is 0.198. The Bertz CT molecular complexity index is 774. The summed E-state index contributed by atoms with van der Waals surface area (Å²) in [6.45, 7) is 2.81. The maximum Gasteiger partial charge on any atom is 0.144 e. The fourth-order valence-electron chi connectivity index (χ4n) is 3.72. The van der Waals surface area contributed by atoms with Gasteiger partial charge in [-0.1, -0.05) is 19.4 Å². The van der Waals surface area contributed by atoms with Gasteiger partial charge in [0.05, 0.1) is 12.2 Å². The van der Waals surface area contributed by atoms with Gasteiger partial charge in [0.1, 0.15) is 17.6 Å². The van der Waals surface area contributed by atoms with Gasteiger partial charge in [0.15, 0.2) is 0 Å². The van der Waals surface area contributed by atoms with Gasteiger partial charge in [-0.2, -0.15) is 5.26 Å². The number of benzene rings is 1. The van der Waals surface area contributed by atoms with Crippen molar-refractivity contribution in [2.45, 2.75) is 57.8 Å². The van der Waals surface area contributed by atoms with E-state index < -0.39 is 5.82 Å². The number of hydrogen-bond acceptors (Lipinski definition) is 3. The van der Waals surface area contributed by atoms with Crippen molar-refractivity contribution in [1.82, 2.24) is 4.98 Å². The molecule has 142 valence electrons. The van der Waals surface area contributed by atoms with Crippen molar-refractivity contribution >= 4 is 0 Å². The summed E-state index contributed by atoms with van der Waals surface area (Å²) in [5.41, 5.74) is 2.59. The van der Waals surface area contributed by atoms with E-state index in [1.807, 2.05) is 12.3 Å². The molecule has 0 amide bonds. The van der Waals surface area contributed by atoms with Crippen molar-refractivity contribution < 1.29 is 9.13 Å². The fraction of sp³-hybridized carbons (Fsp3) is 0.478. The highest BCUT2D eigenvalue weighted by atomic mass is 19.1. The maximum absolute atomic E-state index is 13.6. The van der Waals surface area contributed by atoms with Gasteiger partial charge in [-0.15, -0.1) is 0 Å². The van der Waals surface area contributed by atoms with Gasteiger partial charge in [0, 0.05) is 23.9 Å². The predicted molar refractivity (Wildman–Crippen MR) is 104 cm³/mol. The van der Waals surface area contributed by atoms with Crippen molar-refractivity contribution in [1.29, 1.82) is 5.26 Å². The first-order valence-electron chi connectivity index (χ1n) is 9.97. The Kier molecular flexibility index (Phi) is 6.81. The topological polar surface area (TPSA) is 45.9 Å². The zero-order valence-electron chi connectivity index (χ0n) is 16.0. The summed E-state index contributed by atoms with van der Waals surface area (Å²) in [6, 6.07) is 10.7. The number of pyridine rings is 1. The number of aryl methyl sites for hydroxylation is 1. The minimum Gasteiger partial charge on any atom is -0.493 e. The molecule has 0 radical (unpaired) electrons. The molecule has 0 atom stereocenters. The van der Waals surface area contributed by atoms with E-state index in [2.05, 4.69) is 19.1 Å². The molecule has 27 heavy (non-hydrogen) atoms. The summed E-state index contributed by atoms with van der Waals surface area (Å²) in [5.74, 6) is 1.00. The zero-order valence-corrected chi connectivity index (χ0v) is 16.0. The van der Waals surface area contributed by atoms with E-state index in [9.17, 15) is 4.39 Å². The van der Waals surface area contributed by atoms with Gasteiger partial charge in [-0.25, -0.2) is 4.39 Å². The van der Waals surface area contributed by atoms with E-state index in [1.165, 1.54) is 36.2 Å². The first-order valence-corrected chi connectivity index (χ1v) is 9.97. The third kappa shape index (κ3) is 5.29. The molecule has 1 aliphatic carbocycles. The van der Waals surface area contributed by atoms with Gasteiger partial charge in [-0.05, 0) is 68.2 Å². The number of nitrogens with zero attached hydrogens (tertiary/aromatic N) is 2. The van der Waals surface area contributed by atoms with Crippen LogP contribution in [0.3, 0.4) is 0 Å². The third-order valence-electron chi connectivity index (χ3n) is 5.48. The van der Waals surface area contributed by atoms with Crippen molar-refractivity contribution in [3.8, 4) is 11.8 Å². The number of hydrogen-bond donors (Lipinski definition) is 0. The van der Waals surface area contributed by atoms with E-state index in [0.29, 0.717) is 24.2 Å². The largest absolute Gasteiger partial charge is 0.493 e. The number of unbranched alkanes of at least 4 members (excludes halogenated alkanes) is 1. The molecule has 4 heteroatoms. The molecule has 0 saturated heterocycles. The van der Waals surface area contributed by atoms with Crippen LogP contribution in [-0.2, 0) is 6.42 Å². The Morgan fingerprint density at radius 1 is 1.19 bits per heavy atom. The Labute approximate surface area is 161 Å². The summed E-state index contributed by atoms with van der Waals surface area (Å²) in [7, 11) is 0. The molecular weight excluding hydrogens is 339 g/mol. The van der Waals surface area contributed by atoms with Crippen LogP contribution in [0.4, 0.5) is 4.39 Å². The van der Waals surface area contributed by atoms with Crippen molar-refractivity contribution in [3.63, 3.8) is 0 Å². The highest BCUT2D eigenvalue weighted by molar-refractivity contribution is 5.36. The monoisotopic (exact) mass is 366 g/mol. The Morgan fingerprint density at radius 3 is 2.63 bits per heavy atom. The molecule has 1 aliphatic rings. The first kappa shape index (κ1) is 19.4. The first-order chi connectivity index (χ1) is 13.2. The summed E-state index contributed by atoms with van der Waals surface area (Å²) in [5, 5.41) is 8.78. The predicted octanol–water partition coefficient (Wildman–Crippen LogP) is 5.79. The maximum atomic E-state index is 13.6. The van der Waals surface area contributed by atoms with E-state index in [1.54, 1.807) is 6.07 Å². The molecule has 1 aromatic carbocycles. The average molecular weight is 366 g/mol. The third-order valence-corrected chi connectivity index (χ3v) is 5.48. The van der Waals surface area contributed by atoms with Crippen LogP contribution in [-0.4, -0.2) is 11.6 Å². The van der Waals surface area contributed by atoms with Crippen molar-refractivity contribution in [2.75, 3.05) is 6.61 Å². The molecule has 1 fully saturated rings. The summed E-state index contributed by atoms with van der Waals surface area (Å²) >= 11 is 0. The molecule has 1 heterocycles. The second-order valence-electron chi connectivity index (χ2n) is 7.48. The van der Waals surface area contributed by atoms with Crippen molar-refractivity contribution in [3.05, 3.63) is 59.2 Å². The molecule has 3 nitrogen and oxygen atoms in total. The van der Waals surface area contributed by atoms with Crippen LogP contribution >= 0.6 is 0 Å². The molecule has 2 aromatic rings. The highest BCUT2D eigenvalue weighted by Crippen LogP contribution is 2.35. The molecule has 0 aliphatic heterocycles. The molecular formula is C23H27FN2O. The number of nitriles is 1. The number of ether oxygens (including phenoxy) is 1. The van der Waals surface area contributed by atoms with E-state index in [4.69, 9.17) is 15.0 Å². The summed E-state index contributed by atoms with van der Waals surface area (Å²) in [4.78, 5) is 4.70.